The summed E-state index contributed by atoms with van der Waals surface area (Å²) >= 11 is 0. The van der Waals surface area contributed by atoms with Gasteiger partial charge in [-0.05, 0) is 47.1 Å². The summed E-state index contributed by atoms with van der Waals surface area (Å²) in [4.78, 5) is 51.6. The van der Waals surface area contributed by atoms with E-state index in [2.05, 4.69) is 15.4 Å². The molecule has 1 aliphatic rings. The molecular formula is C23H33N3O6. The number of likely N-dealkylation sites (tertiary alicyclic amines) is 1. The van der Waals surface area contributed by atoms with Gasteiger partial charge in [0.2, 0.25) is 11.8 Å². The summed E-state index contributed by atoms with van der Waals surface area (Å²) < 4.78 is 9.90. The fraction of sp³-hybridized carbons (Fsp3) is 0.565. The molecule has 0 bridgehead atoms. The Labute approximate surface area is 188 Å². The zero-order valence-electron chi connectivity index (χ0n) is 19.7. The normalized spacial score (nSPS) is 22.1. The van der Waals surface area contributed by atoms with Crippen LogP contribution in [-0.2, 0) is 23.9 Å². The van der Waals surface area contributed by atoms with Crippen LogP contribution in [0.5, 0.6) is 0 Å². The van der Waals surface area contributed by atoms with Crippen LogP contribution in [0, 0.1) is 0 Å². The zero-order chi connectivity index (χ0) is 24.2. The van der Waals surface area contributed by atoms with Crippen molar-refractivity contribution in [3.63, 3.8) is 0 Å². The van der Waals surface area contributed by atoms with Crippen LogP contribution < -0.4 is 10.6 Å². The van der Waals surface area contributed by atoms with Gasteiger partial charge in [-0.3, -0.25) is 9.59 Å². The fourth-order valence-corrected chi connectivity index (χ4v) is 3.83. The SMILES string of the molecule is COC(=O)[C@H](C)NC(=O)[C@@H]1[C@@H](c2ccccc2)[C@H](C)N1C(=O)[C@H](C)NC(=O)OC(C)(C)C. The Morgan fingerprint density at radius 3 is 2.12 bits per heavy atom. The van der Waals surface area contributed by atoms with Crippen molar-refractivity contribution in [3.05, 3.63) is 35.9 Å². The number of rotatable bonds is 6. The summed E-state index contributed by atoms with van der Waals surface area (Å²) in [7, 11) is 1.24. The van der Waals surface area contributed by atoms with Gasteiger partial charge in [-0.25, -0.2) is 9.59 Å². The zero-order valence-corrected chi connectivity index (χ0v) is 19.7. The van der Waals surface area contributed by atoms with E-state index < -0.39 is 47.6 Å². The molecule has 9 heteroatoms. The molecule has 5 atom stereocenters. The van der Waals surface area contributed by atoms with E-state index in [1.165, 1.54) is 18.9 Å². The molecule has 0 radical (unpaired) electrons. The number of hydrogen-bond donors (Lipinski definition) is 2. The molecule has 0 spiro atoms. The minimum atomic E-state index is -0.905. The van der Waals surface area contributed by atoms with Gasteiger partial charge < -0.3 is 25.0 Å². The van der Waals surface area contributed by atoms with E-state index in [1.54, 1.807) is 27.7 Å². The van der Waals surface area contributed by atoms with Gasteiger partial charge in [0.1, 0.15) is 23.7 Å². The highest BCUT2D eigenvalue weighted by Gasteiger charge is 2.53. The molecule has 0 aromatic heterocycles. The van der Waals surface area contributed by atoms with Crippen molar-refractivity contribution in [2.75, 3.05) is 7.11 Å². The minimum absolute atomic E-state index is 0.265. The third-order valence-electron chi connectivity index (χ3n) is 5.32. The molecule has 1 heterocycles. The van der Waals surface area contributed by atoms with E-state index in [9.17, 15) is 19.2 Å². The Morgan fingerprint density at radius 2 is 1.59 bits per heavy atom. The van der Waals surface area contributed by atoms with Crippen molar-refractivity contribution >= 4 is 23.9 Å². The first-order valence-electron chi connectivity index (χ1n) is 10.6. The highest BCUT2D eigenvalue weighted by molar-refractivity contribution is 5.95. The first-order valence-corrected chi connectivity index (χ1v) is 10.6. The lowest BCUT2D eigenvalue weighted by atomic mass is 9.74. The molecule has 176 valence electrons. The van der Waals surface area contributed by atoms with Gasteiger partial charge in [0.25, 0.3) is 0 Å². The van der Waals surface area contributed by atoms with Crippen LogP contribution in [0.1, 0.15) is 53.0 Å². The molecule has 1 saturated heterocycles. The monoisotopic (exact) mass is 447 g/mol. The molecule has 2 rings (SSSR count). The van der Waals surface area contributed by atoms with Crippen molar-refractivity contribution in [2.45, 2.75) is 77.2 Å². The summed E-state index contributed by atoms with van der Waals surface area (Å²) in [6, 6.07) is 6.50. The van der Waals surface area contributed by atoms with E-state index in [1.807, 2.05) is 37.3 Å². The number of carbonyl (C=O) groups is 4. The molecule has 3 amide bonds. The molecule has 1 aromatic rings. The number of nitrogens with zero attached hydrogens (tertiary/aromatic N) is 1. The number of carbonyl (C=O) groups excluding carboxylic acids is 4. The Balaban J connectivity index is 2.23. The van der Waals surface area contributed by atoms with E-state index >= 15 is 0 Å². The van der Waals surface area contributed by atoms with Crippen LogP contribution in [0.2, 0.25) is 0 Å². The smallest absolute Gasteiger partial charge is 0.408 e. The van der Waals surface area contributed by atoms with Crippen LogP contribution in [-0.4, -0.2) is 65.7 Å². The van der Waals surface area contributed by atoms with E-state index in [-0.39, 0.29) is 12.0 Å². The van der Waals surface area contributed by atoms with Crippen LogP contribution >= 0.6 is 0 Å². The third kappa shape index (κ3) is 5.77. The average Bonchev–Trinajstić information content (AvgIpc) is 2.70. The second-order valence-electron chi connectivity index (χ2n) is 8.99. The Bertz CT molecular complexity index is 851. The van der Waals surface area contributed by atoms with Crippen molar-refractivity contribution < 1.29 is 28.7 Å². The lowest BCUT2D eigenvalue weighted by Crippen LogP contribution is -2.71. The molecule has 32 heavy (non-hydrogen) atoms. The topological polar surface area (TPSA) is 114 Å². The first kappa shape index (κ1) is 25.2. The average molecular weight is 448 g/mol. The summed E-state index contributed by atoms with van der Waals surface area (Å²) in [5.41, 5.74) is 0.199. The van der Waals surface area contributed by atoms with Crippen LogP contribution in [0.25, 0.3) is 0 Å². The second kappa shape index (κ2) is 10.0. The van der Waals surface area contributed by atoms with Gasteiger partial charge in [-0.2, -0.15) is 0 Å². The molecule has 0 aliphatic carbocycles. The lowest BCUT2D eigenvalue weighted by molar-refractivity contribution is -0.158. The van der Waals surface area contributed by atoms with Gasteiger partial charge >= 0.3 is 12.1 Å². The quantitative estimate of drug-likeness (QED) is 0.645. The standard InChI is InChI=1S/C23H33N3O6/c1-13(25-22(30)32-23(4,5)6)20(28)26-15(3)17(16-11-9-8-10-12-16)18(26)19(27)24-14(2)21(29)31-7/h8-15,17-18H,1-7H3,(H,24,27)(H,25,30)/t13-,14-,15-,17+,18-/m0/s1. The Kier molecular flexibility index (Phi) is 7.87. The molecule has 0 saturated carbocycles. The van der Waals surface area contributed by atoms with E-state index in [0.29, 0.717) is 0 Å². The number of hydrogen-bond acceptors (Lipinski definition) is 6. The maximum atomic E-state index is 13.2. The van der Waals surface area contributed by atoms with E-state index in [0.717, 1.165) is 5.56 Å². The van der Waals surface area contributed by atoms with Crippen molar-refractivity contribution in [1.29, 1.82) is 0 Å². The van der Waals surface area contributed by atoms with Gasteiger partial charge in [0.05, 0.1) is 7.11 Å². The van der Waals surface area contributed by atoms with Crippen molar-refractivity contribution in [1.82, 2.24) is 15.5 Å². The van der Waals surface area contributed by atoms with Gasteiger partial charge in [-0.15, -0.1) is 0 Å². The number of amides is 3. The molecule has 1 fully saturated rings. The minimum Gasteiger partial charge on any atom is -0.467 e. The number of alkyl carbamates (subject to hydrolysis) is 1. The maximum absolute atomic E-state index is 13.2. The number of ether oxygens (including phenoxy) is 2. The highest BCUT2D eigenvalue weighted by atomic mass is 16.6. The summed E-state index contributed by atoms with van der Waals surface area (Å²) in [6.07, 6.45) is -0.716. The van der Waals surface area contributed by atoms with Crippen LogP contribution in [0.15, 0.2) is 30.3 Å². The highest BCUT2D eigenvalue weighted by Crippen LogP contribution is 2.41. The molecular weight excluding hydrogens is 414 g/mol. The Hall–Kier alpha value is -3.10. The molecule has 1 aliphatic heterocycles. The fourth-order valence-electron chi connectivity index (χ4n) is 3.83. The summed E-state index contributed by atoms with van der Waals surface area (Å²) in [5.74, 6) is -1.73. The van der Waals surface area contributed by atoms with Crippen molar-refractivity contribution in [3.8, 4) is 0 Å². The maximum Gasteiger partial charge on any atom is 0.408 e. The lowest BCUT2D eigenvalue weighted by Gasteiger charge is -2.53. The Morgan fingerprint density at radius 1 is 1.00 bits per heavy atom. The first-order chi connectivity index (χ1) is 14.9. The summed E-state index contributed by atoms with van der Waals surface area (Å²) in [6.45, 7) is 10.1. The number of methoxy groups -OCH3 is 1. The number of esters is 1. The predicted octanol–water partition coefficient (Wildman–Crippen LogP) is 1.96. The number of nitrogens with one attached hydrogen (secondary N) is 2. The van der Waals surface area contributed by atoms with Crippen LogP contribution in [0.4, 0.5) is 4.79 Å². The molecule has 0 unspecified atom stereocenters. The molecule has 2 N–H and O–H groups in total. The van der Waals surface area contributed by atoms with Gasteiger partial charge in [0.15, 0.2) is 0 Å². The predicted molar refractivity (Wildman–Crippen MR) is 118 cm³/mol. The molecule has 1 aromatic carbocycles. The van der Waals surface area contributed by atoms with Crippen LogP contribution in [0.3, 0.4) is 0 Å². The van der Waals surface area contributed by atoms with E-state index in [4.69, 9.17) is 4.74 Å². The second-order valence-corrected chi connectivity index (χ2v) is 8.99. The number of benzene rings is 1. The molecule has 9 nitrogen and oxygen atoms in total. The van der Waals surface area contributed by atoms with Gasteiger partial charge in [-0.1, -0.05) is 30.3 Å². The van der Waals surface area contributed by atoms with Crippen molar-refractivity contribution in [2.24, 2.45) is 0 Å². The summed E-state index contributed by atoms with van der Waals surface area (Å²) in [5, 5.41) is 5.16. The largest absolute Gasteiger partial charge is 0.467 e. The van der Waals surface area contributed by atoms with Gasteiger partial charge in [0, 0.05) is 12.0 Å². The third-order valence-corrected chi connectivity index (χ3v) is 5.32.